The topological polar surface area (TPSA) is 51.5 Å². The Labute approximate surface area is 139 Å². The largest absolute Gasteiger partial charge is 0.493 e. The molecular formula is C18H16ClNO3. The summed E-state index contributed by atoms with van der Waals surface area (Å²) in [5, 5.41) is 4.38. The molecule has 0 aliphatic heterocycles. The van der Waals surface area contributed by atoms with Crippen LogP contribution in [0.1, 0.15) is 16.1 Å². The van der Waals surface area contributed by atoms with Crippen LogP contribution in [0, 0.1) is 0 Å². The Balaban J connectivity index is 1.66. The van der Waals surface area contributed by atoms with Crippen LogP contribution in [0.15, 0.2) is 52.9 Å². The van der Waals surface area contributed by atoms with Crippen molar-refractivity contribution in [3.05, 3.63) is 64.9 Å². The van der Waals surface area contributed by atoms with Crippen LogP contribution in [0.4, 0.5) is 0 Å². The summed E-state index contributed by atoms with van der Waals surface area (Å²) in [7, 11) is 1.57. The van der Waals surface area contributed by atoms with Gasteiger partial charge in [-0.05, 0) is 36.2 Å². The summed E-state index contributed by atoms with van der Waals surface area (Å²) in [5.41, 5.74) is 1.65. The maximum absolute atomic E-state index is 12.2. The Bertz CT molecular complexity index is 841. The number of amides is 1. The molecule has 4 nitrogen and oxygen atoms in total. The average molecular weight is 330 g/mol. The van der Waals surface area contributed by atoms with E-state index < -0.39 is 0 Å². The Kier molecular flexibility index (Phi) is 4.53. The minimum Gasteiger partial charge on any atom is -0.493 e. The number of rotatable bonds is 5. The van der Waals surface area contributed by atoms with Gasteiger partial charge >= 0.3 is 0 Å². The molecule has 23 heavy (non-hydrogen) atoms. The second kappa shape index (κ2) is 6.75. The molecule has 1 amide bonds. The minimum atomic E-state index is -0.245. The summed E-state index contributed by atoms with van der Waals surface area (Å²) in [5.74, 6) is 0.640. The van der Waals surface area contributed by atoms with Crippen LogP contribution in [0.25, 0.3) is 11.0 Å². The number of carbonyl (C=O) groups excluding carboxylic acids is 1. The third-order valence-electron chi connectivity index (χ3n) is 3.54. The predicted octanol–water partition coefficient (Wildman–Crippen LogP) is 4.07. The van der Waals surface area contributed by atoms with Gasteiger partial charge in [-0.3, -0.25) is 4.79 Å². The first-order valence-corrected chi connectivity index (χ1v) is 7.64. The lowest BCUT2D eigenvalue weighted by atomic mass is 10.1. The highest BCUT2D eigenvalue weighted by molar-refractivity contribution is 6.30. The van der Waals surface area contributed by atoms with E-state index in [-0.39, 0.29) is 11.7 Å². The Morgan fingerprint density at radius 3 is 2.83 bits per heavy atom. The molecular weight excluding hydrogens is 314 g/mol. The Morgan fingerprint density at radius 1 is 1.22 bits per heavy atom. The molecule has 0 aliphatic rings. The summed E-state index contributed by atoms with van der Waals surface area (Å²) < 4.78 is 10.8. The summed E-state index contributed by atoms with van der Waals surface area (Å²) >= 11 is 5.94. The molecule has 0 unspecified atom stereocenters. The molecule has 1 heterocycles. The van der Waals surface area contributed by atoms with Gasteiger partial charge in [-0.15, -0.1) is 0 Å². The van der Waals surface area contributed by atoms with Crippen molar-refractivity contribution < 1.29 is 13.9 Å². The predicted molar refractivity (Wildman–Crippen MR) is 90.3 cm³/mol. The SMILES string of the molecule is COc1cccc2cc(C(=O)NCCc3cccc(Cl)c3)oc12. The van der Waals surface area contributed by atoms with Gasteiger partial charge in [-0.1, -0.05) is 35.9 Å². The number of hydrogen-bond donors (Lipinski definition) is 1. The lowest BCUT2D eigenvalue weighted by molar-refractivity contribution is 0.0928. The van der Waals surface area contributed by atoms with Crippen molar-refractivity contribution in [2.75, 3.05) is 13.7 Å². The first-order valence-electron chi connectivity index (χ1n) is 7.26. The highest BCUT2D eigenvalue weighted by atomic mass is 35.5. The fourth-order valence-electron chi connectivity index (χ4n) is 2.41. The number of para-hydroxylation sites is 1. The highest BCUT2D eigenvalue weighted by Crippen LogP contribution is 2.28. The third kappa shape index (κ3) is 3.48. The molecule has 118 valence electrons. The van der Waals surface area contributed by atoms with Gasteiger partial charge in [-0.2, -0.15) is 0 Å². The molecule has 5 heteroatoms. The number of ether oxygens (including phenoxy) is 1. The number of hydrogen-bond acceptors (Lipinski definition) is 3. The van der Waals surface area contributed by atoms with Gasteiger partial charge in [0.2, 0.25) is 0 Å². The first-order chi connectivity index (χ1) is 11.2. The fourth-order valence-corrected chi connectivity index (χ4v) is 2.62. The molecule has 0 fully saturated rings. The van der Waals surface area contributed by atoms with Gasteiger partial charge in [0.05, 0.1) is 7.11 Å². The van der Waals surface area contributed by atoms with E-state index in [1.807, 2.05) is 36.4 Å². The fraction of sp³-hybridized carbons (Fsp3) is 0.167. The summed E-state index contributed by atoms with van der Waals surface area (Å²) in [6.07, 6.45) is 0.704. The third-order valence-corrected chi connectivity index (χ3v) is 3.78. The molecule has 0 bridgehead atoms. The van der Waals surface area contributed by atoms with E-state index >= 15 is 0 Å². The van der Waals surface area contributed by atoms with Crippen molar-refractivity contribution in [1.82, 2.24) is 5.32 Å². The number of furan rings is 1. The van der Waals surface area contributed by atoms with Crippen LogP contribution < -0.4 is 10.1 Å². The summed E-state index contributed by atoms with van der Waals surface area (Å²) in [6, 6.07) is 14.8. The highest BCUT2D eigenvalue weighted by Gasteiger charge is 2.14. The van der Waals surface area contributed by atoms with Crippen molar-refractivity contribution in [2.24, 2.45) is 0 Å². The maximum Gasteiger partial charge on any atom is 0.287 e. The Morgan fingerprint density at radius 2 is 2.04 bits per heavy atom. The monoisotopic (exact) mass is 329 g/mol. The van der Waals surface area contributed by atoms with Crippen LogP contribution in [0.5, 0.6) is 5.75 Å². The lowest BCUT2D eigenvalue weighted by Crippen LogP contribution is -2.25. The van der Waals surface area contributed by atoms with E-state index in [9.17, 15) is 4.79 Å². The van der Waals surface area contributed by atoms with Gasteiger partial charge in [-0.25, -0.2) is 0 Å². The molecule has 0 saturated carbocycles. The van der Waals surface area contributed by atoms with Gasteiger partial charge in [0.25, 0.3) is 5.91 Å². The van der Waals surface area contributed by atoms with Gasteiger partial charge in [0, 0.05) is 17.0 Å². The number of nitrogens with one attached hydrogen (secondary N) is 1. The van der Waals surface area contributed by atoms with E-state index in [2.05, 4.69) is 5.32 Å². The quantitative estimate of drug-likeness (QED) is 0.767. The smallest absolute Gasteiger partial charge is 0.287 e. The van der Waals surface area contributed by atoms with Gasteiger partial charge in [0.1, 0.15) is 0 Å². The second-order valence-electron chi connectivity index (χ2n) is 5.13. The first kappa shape index (κ1) is 15.4. The van der Waals surface area contributed by atoms with Gasteiger partial charge in [0.15, 0.2) is 17.1 Å². The van der Waals surface area contributed by atoms with Crippen LogP contribution >= 0.6 is 11.6 Å². The van der Waals surface area contributed by atoms with Crippen LogP contribution in [-0.2, 0) is 6.42 Å². The lowest BCUT2D eigenvalue weighted by Gasteiger charge is -2.04. The van der Waals surface area contributed by atoms with E-state index in [0.29, 0.717) is 29.3 Å². The van der Waals surface area contributed by atoms with Crippen molar-refractivity contribution >= 4 is 28.5 Å². The zero-order valence-corrected chi connectivity index (χ0v) is 13.4. The van der Waals surface area contributed by atoms with E-state index in [1.54, 1.807) is 19.2 Å². The van der Waals surface area contributed by atoms with Crippen LogP contribution in [0.3, 0.4) is 0 Å². The van der Waals surface area contributed by atoms with Crippen LogP contribution in [-0.4, -0.2) is 19.6 Å². The number of methoxy groups -OCH3 is 1. The molecule has 1 aromatic heterocycles. The van der Waals surface area contributed by atoms with Crippen molar-refractivity contribution in [3.8, 4) is 5.75 Å². The normalized spacial score (nSPS) is 10.7. The Hall–Kier alpha value is -2.46. The molecule has 0 atom stereocenters. The van der Waals surface area contributed by atoms with Crippen molar-refractivity contribution in [2.45, 2.75) is 6.42 Å². The van der Waals surface area contributed by atoms with Crippen LogP contribution in [0.2, 0.25) is 5.02 Å². The number of carbonyl (C=O) groups is 1. The number of benzene rings is 2. The van der Waals surface area contributed by atoms with Crippen molar-refractivity contribution in [1.29, 1.82) is 0 Å². The van der Waals surface area contributed by atoms with Gasteiger partial charge < -0.3 is 14.5 Å². The molecule has 0 spiro atoms. The minimum absolute atomic E-state index is 0.245. The molecule has 0 saturated heterocycles. The number of fused-ring (bicyclic) bond motifs is 1. The summed E-state index contributed by atoms with van der Waals surface area (Å²) in [6.45, 7) is 0.507. The van der Waals surface area contributed by atoms with E-state index in [0.717, 1.165) is 10.9 Å². The zero-order valence-electron chi connectivity index (χ0n) is 12.6. The standard InChI is InChI=1S/C18H16ClNO3/c1-22-15-7-3-5-13-11-16(23-17(13)15)18(21)20-9-8-12-4-2-6-14(19)10-12/h2-7,10-11H,8-9H2,1H3,(H,20,21). The molecule has 3 aromatic rings. The summed E-state index contributed by atoms with van der Waals surface area (Å²) in [4.78, 5) is 12.2. The van der Waals surface area contributed by atoms with E-state index in [4.69, 9.17) is 20.8 Å². The molecule has 1 N–H and O–H groups in total. The molecule has 0 radical (unpaired) electrons. The second-order valence-corrected chi connectivity index (χ2v) is 5.56. The number of halogens is 1. The van der Waals surface area contributed by atoms with E-state index in [1.165, 1.54) is 0 Å². The molecule has 0 aliphatic carbocycles. The average Bonchev–Trinajstić information content (AvgIpc) is 2.99. The zero-order chi connectivity index (χ0) is 16.2. The maximum atomic E-state index is 12.2. The molecule has 3 rings (SSSR count). The van der Waals surface area contributed by atoms with Crippen molar-refractivity contribution in [3.63, 3.8) is 0 Å². The molecule has 2 aromatic carbocycles.